The van der Waals surface area contributed by atoms with E-state index in [1.807, 2.05) is 24.3 Å². The first-order chi connectivity index (χ1) is 7.58. The second kappa shape index (κ2) is 4.40. The van der Waals surface area contributed by atoms with Gasteiger partial charge in [-0.2, -0.15) is 0 Å². The van der Waals surface area contributed by atoms with Gasteiger partial charge in [-0.05, 0) is 46.9 Å². The molecule has 0 saturated carbocycles. The van der Waals surface area contributed by atoms with E-state index in [0.29, 0.717) is 6.54 Å². The van der Waals surface area contributed by atoms with E-state index >= 15 is 0 Å². The fourth-order valence-corrected chi connectivity index (χ4v) is 2.13. The van der Waals surface area contributed by atoms with Crippen LogP contribution in [0.1, 0.15) is 6.42 Å². The second-order valence-electron chi connectivity index (χ2n) is 3.78. The number of amides is 2. The van der Waals surface area contributed by atoms with Crippen molar-refractivity contribution < 1.29 is 9.59 Å². The van der Waals surface area contributed by atoms with Gasteiger partial charge in [-0.1, -0.05) is 0 Å². The van der Waals surface area contributed by atoms with Gasteiger partial charge in [-0.3, -0.25) is 9.59 Å². The molecule has 0 radical (unpaired) electrons. The predicted octanol–water partition coefficient (Wildman–Crippen LogP) is 1.13. The molecule has 2 N–H and O–H groups in total. The SMILES string of the molecule is NC(=O)C1CC(=O)N(c2ccc(I)cc2)C1. The lowest BCUT2D eigenvalue weighted by molar-refractivity contribution is -0.123. The van der Waals surface area contributed by atoms with E-state index < -0.39 is 5.91 Å². The van der Waals surface area contributed by atoms with Crippen molar-refractivity contribution in [1.29, 1.82) is 0 Å². The zero-order valence-electron chi connectivity index (χ0n) is 8.52. The Kier molecular flexibility index (Phi) is 3.13. The molecule has 1 heterocycles. The lowest BCUT2D eigenvalue weighted by atomic mass is 10.1. The number of benzene rings is 1. The number of carbonyl (C=O) groups is 2. The van der Waals surface area contributed by atoms with Crippen molar-refractivity contribution in [2.45, 2.75) is 6.42 Å². The maximum absolute atomic E-state index is 11.7. The molecule has 5 heteroatoms. The Labute approximate surface area is 107 Å². The molecule has 1 atom stereocenters. The Morgan fingerprint density at radius 1 is 1.38 bits per heavy atom. The molecule has 1 aliphatic rings. The van der Waals surface area contributed by atoms with Gasteiger partial charge in [0.05, 0.1) is 5.92 Å². The van der Waals surface area contributed by atoms with Gasteiger partial charge in [0.1, 0.15) is 0 Å². The van der Waals surface area contributed by atoms with Crippen LogP contribution >= 0.6 is 22.6 Å². The van der Waals surface area contributed by atoms with Crippen LogP contribution in [0.3, 0.4) is 0 Å². The Bertz CT molecular complexity index is 430. The van der Waals surface area contributed by atoms with Gasteiger partial charge < -0.3 is 10.6 Å². The van der Waals surface area contributed by atoms with Gasteiger partial charge in [0.2, 0.25) is 11.8 Å². The Balaban J connectivity index is 2.20. The van der Waals surface area contributed by atoms with E-state index in [1.165, 1.54) is 0 Å². The maximum atomic E-state index is 11.7. The molecule has 1 aromatic rings. The van der Waals surface area contributed by atoms with E-state index in [1.54, 1.807) is 4.90 Å². The highest BCUT2D eigenvalue weighted by Gasteiger charge is 2.33. The van der Waals surface area contributed by atoms with Crippen LogP contribution in [0.5, 0.6) is 0 Å². The zero-order valence-corrected chi connectivity index (χ0v) is 10.7. The highest BCUT2D eigenvalue weighted by Crippen LogP contribution is 2.25. The molecular formula is C11H11IN2O2. The molecular weight excluding hydrogens is 319 g/mol. The maximum Gasteiger partial charge on any atom is 0.227 e. The number of hydrogen-bond acceptors (Lipinski definition) is 2. The summed E-state index contributed by atoms with van der Waals surface area (Å²) in [7, 11) is 0. The Morgan fingerprint density at radius 3 is 2.50 bits per heavy atom. The van der Waals surface area contributed by atoms with Crippen molar-refractivity contribution in [3.63, 3.8) is 0 Å². The molecule has 1 aromatic carbocycles. The van der Waals surface area contributed by atoms with Crippen LogP contribution < -0.4 is 10.6 Å². The minimum atomic E-state index is -0.402. The zero-order chi connectivity index (χ0) is 11.7. The number of rotatable bonds is 2. The van der Waals surface area contributed by atoms with Gasteiger partial charge in [0.25, 0.3) is 0 Å². The summed E-state index contributed by atoms with van der Waals surface area (Å²) < 4.78 is 1.11. The molecule has 4 nitrogen and oxygen atoms in total. The summed E-state index contributed by atoms with van der Waals surface area (Å²) in [4.78, 5) is 24.3. The molecule has 0 bridgehead atoms. The second-order valence-corrected chi connectivity index (χ2v) is 5.03. The van der Waals surface area contributed by atoms with Crippen LogP contribution in [-0.4, -0.2) is 18.4 Å². The van der Waals surface area contributed by atoms with Crippen LogP contribution in [0.15, 0.2) is 24.3 Å². The molecule has 84 valence electrons. The first-order valence-corrected chi connectivity index (χ1v) is 6.01. The Morgan fingerprint density at radius 2 is 2.00 bits per heavy atom. The summed E-state index contributed by atoms with van der Waals surface area (Å²) in [5.74, 6) is -0.793. The molecule has 2 amide bonds. The molecule has 0 aromatic heterocycles. The average Bonchev–Trinajstić information content (AvgIpc) is 2.62. The van der Waals surface area contributed by atoms with Crippen LogP contribution in [0.25, 0.3) is 0 Å². The average molecular weight is 330 g/mol. The van der Waals surface area contributed by atoms with Crippen LogP contribution in [0, 0.1) is 9.49 Å². The summed E-state index contributed by atoms with van der Waals surface area (Å²) in [6.45, 7) is 0.398. The van der Waals surface area contributed by atoms with Gasteiger partial charge >= 0.3 is 0 Å². The number of primary amides is 1. The molecule has 16 heavy (non-hydrogen) atoms. The van der Waals surface area contributed by atoms with Crippen molar-refractivity contribution in [1.82, 2.24) is 0 Å². The van der Waals surface area contributed by atoms with Crippen LogP contribution in [0.4, 0.5) is 5.69 Å². The summed E-state index contributed by atoms with van der Waals surface area (Å²) in [5.41, 5.74) is 6.03. The third kappa shape index (κ3) is 2.18. The van der Waals surface area contributed by atoms with Crippen molar-refractivity contribution in [3.8, 4) is 0 Å². The van der Waals surface area contributed by atoms with Gasteiger partial charge in [-0.15, -0.1) is 0 Å². The summed E-state index contributed by atoms with van der Waals surface area (Å²) in [6.07, 6.45) is 0.224. The highest BCUT2D eigenvalue weighted by atomic mass is 127. The highest BCUT2D eigenvalue weighted by molar-refractivity contribution is 14.1. The van der Waals surface area contributed by atoms with E-state index in [4.69, 9.17) is 5.73 Å². The number of nitrogens with zero attached hydrogens (tertiary/aromatic N) is 1. The van der Waals surface area contributed by atoms with Crippen LogP contribution in [-0.2, 0) is 9.59 Å². The first kappa shape index (κ1) is 11.4. The van der Waals surface area contributed by atoms with E-state index in [9.17, 15) is 9.59 Å². The first-order valence-electron chi connectivity index (χ1n) is 4.93. The van der Waals surface area contributed by atoms with E-state index in [-0.39, 0.29) is 18.2 Å². The summed E-state index contributed by atoms with van der Waals surface area (Å²) in [6, 6.07) is 7.62. The van der Waals surface area contributed by atoms with Gasteiger partial charge in [0.15, 0.2) is 0 Å². The van der Waals surface area contributed by atoms with Crippen molar-refractivity contribution in [2.24, 2.45) is 11.7 Å². The minimum absolute atomic E-state index is 0.0370. The lowest BCUT2D eigenvalue weighted by Crippen LogP contribution is -2.28. The smallest absolute Gasteiger partial charge is 0.227 e. The molecule has 1 unspecified atom stereocenters. The van der Waals surface area contributed by atoms with Gasteiger partial charge in [0, 0.05) is 22.2 Å². The fourth-order valence-electron chi connectivity index (χ4n) is 1.77. The van der Waals surface area contributed by atoms with Crippen molar-refractivity contribution in [2.75, 3.05) is 11.4 Å². The molecule has 1 fully saturated rings. The quantitative estimate of drug-likeness (QED) is 0.827. The third-order valence-corrected chi connectivity index (χ3v) is 3.38. The number of anilines is 1. The normalized spacial score (nSPS) is 20.2. The molecule has 1 saturated heterocycles. The van der Waals surface area contributed by atoms with Gasteiger partial charge in [-0.25, -0.2) is 0 Å². The molecule has 0 aliphatic carbocycles. The lowest BCUT2D eigenvalue weighted by Gasteiger charge is -2.16. The predicted molar refractivity (Wildman–Crippen MR) is 68.8 cm³/mol. The van der Waals surface area contributed by atoms with Crippen molar-refractivity contribution >= 4 is 40.1 Å². The Hall–Kier alpha value is -1.11. The number of hydrogen-bond donors (Lipinski definition) is 1. The molecule has 1 aliphatic heterocycles. The minimum Gasteiger partial charge on any atom is -0.369 e. The van der Waals surface area contributed by atoms with Crippen molar-refractivity contribution in [3.05, 3.63) is 27.8 Å². The standard InChI is InChI=1S/C11H11IN2O2/c12-8-1-3-9(4-2-8)14-6-7(11(13)16)5-10(14)15/h1-4,7H,5-6H2,(H2,13,16). The number of carbonyl (C=O) groups excluding carboxylic acids is 2. The van der Waals surface area contributed by atoms with E-state index in [0.717, 1.165) is 9.26 Å². The number of nitrogens with two attached hydrogens (primary N) is 1. The van der Waals surface area contributed by atoms with E-state index in [2.05, 4.69) is 22.6 Å². The fraction of sp³-hybridized carbons (Fsp3) is 0.273. The van der Waals surface area contributed by atoms with Crippen LogP contribution in [0.2, 0.25) is 0 Å². The summed E-state index contributed by atoms with van der Waals surface area (Å²) in [5, 5.41) is 0. The monoisotopic (exact) mass is 330 g/mol. The number of halogens is 1. The molecule has 2 rings (SSSR count). The topological polar surface area (TPSA) is 63.4 Å². The largest absolute Gasteiger partial charge is 0.369 e. The summed E-state index contributed by atoms with van der Waals surface area (Å²) >= 11 is 2.20. The molecule has 0 spiro atoms. The third-order valence-electron chi connectivity index (χ3n) is 2.67.